The lowest BCUT2D eigenvalue weighted by Crippen LogP contribution is -2.13. The normalized spacial score (nSPS) is 13.0. The van der Waals surface area contributed by atoms with Crippen LogP contribution in [0, 0.1) is 11.8 Å². The average Bonchev–Trinajstić information content (AvgIpc) is 3.01. The Balaban J connectivity index is 2.00. The van der Waals surface area contributed by atoms with Gasteiger partial charge in [0, 0.05) is 11.1 Å². The van der Waals surface area contributed by atoms with Gasteiger partial charge in [0.2, 0.25) is 0 Å². The number of unbranched alkanes of at least 4 members (excludes halogenated alkanes) is 2. The minimum atomic E-state index is 0.253. The van der Waals surface area contributed by atoms with Crippen LogP contribution in [0.3, 0.4) is 0 Å². The highest BCUT2D eigenvalue weighted by molar-refractivity contribution is 5.79. The van der Waals surface area contributed by atoms with Gasteiger partial charge in [-0.2, -0.15) is 0 Å². The van der Waals surface area contributed by atoms with Crippen LogP contribution in [0.4, 0.5) is 0 Å². The van der Waals surface area contributed by atoms with Crippen molar-refractivity contribution in [2.45, 2.75) is 79.1 Å². The lowest BCUT2D eigenvalue weighted by Gasteiger charge is -2.20. The van der Waals surface area contributed by atoms with Crippen molar-refractivity contribution in [3.8, 4) is 23.0 Å². The molecule has 4 nitrogen and oxygen atoms in total. The number of benzene rings is 3. The Morgan fingerprint density at radius 3 is 1.29 bits per heavy atom. The predicted octanol–water partition coefficient (Wildman–Crippen LogP) is 10.6. The maximum Gasteiger partial charge on any atom is 0.127 e. The highest BCUT2D eigenvalue weighted by Crippen LogP contribution is 2.34. The second kappa shape index (κ2) is 18.0. The van der Waals surface area contributed by atoms with Crippen molar-refractivity contribution >= 4 is 24.3 Å². The SMILES string of the molecule is CCCCC(CC)COc1cc(/C=C/c2ccc(O)cc2)c(OCC(CC)CCCC)cc1/C=C/c1ccc(O)cc1. The van der Waals surface area contributed by atoms with Crippen LogP contribution in [0.25, 0.3) is 24.3 Å². The van der Waals surface area contributed by atoms with Gasteiger partial charge in [0.05, 0.1) is 13.2 Å². The maximum atomic E-state index is 9.70. The van der Waals surface area contributed by atoms with Gasteiger partial charge in [-0.3, -0.25) is 0 Å². The van der Waals surface area contributed by atoms with E-state index in [1.54, 1.807) is 24.3 Å². The molecule has 2 atom stereocenters. The average molecular weight is 571 g/mol. The van der Waals surface area contributed by atoms with Gasteiger partial charge in [0.15, 0.2) is 0 Å². The predicted molar refractivity (Wildman–Crippen MR) is 178 cm³/mol. The molecule has 0 aliphatic rings. The zero-order valence-corrected chi connectivity index (χ0v) is 26.0. The largest absolute Gasteiger partial charge is 0.508 e. The van der Waals surface area contributed by atoms with E-state index < -0.39 is 0 Å². The van der Waals surface area contributed by atoms with Gasteiger partial charge in [0.1, 0.15) is 23.0 Å². The van der Waals surface area contributed by atoms with E-state index in [1.165, 1.54) is 25.7 Å². The van der Waals surface area contributed by atoms with Gasteiger partial charge >= 0.3 is 0 Å². The molecule has 0 saturated carbocycles. The molecule has 3 aromatic rings. The van der Waals surface area contributed by atoms with Crippen molar-refractivity contribution < 1.29 is 19.7 Å². The summed E-state index contributed by atoms with van der Waals surface area (Å²) in [5.74, 6) is 3.18. The number of rotatable bonds is 18. The zero-order chi connectivity index (χ0) is 30.2. The maximum absolute atomic E-state index is 9.70. The molecular formula is C38H50O4. The van der Waals surface area contributed by atoms with Crippen LogP contribution in [0.2, 0.25) is 0 Å². The Kier molecular flexibility index (Phi) is 14.1. The second-order valence-corrected chi connectivity index (χ2v) is 11.2. The first kappa shape index (κ1) is 32.8. The van der Waals surface area contributed by atoms with Crippen molar-refractivity contribution in [2.24, 2.45) is 11.8 Å². The molecule has 0 fully saturated rings. The summed E-state index contributed by atoms with van der Waals surface area (Å²) in [7, 11) is 0. The molecule has 0 spiro atoms. The van der Waals surface area contributed by atoms with E-state index >= 15 is 0 Å². The van der Waals surface area contributed by atoms with E-state index in [0.717, 1.165) is 59.4 Å². The van der Waals surface area contributed by atoms with Crippen LogP contribution in [0.15, 0.2) is 60.7 Å². The van der Waals surface area contributed by atoms with Crippen LogP contribution < -0.4 is 9.47 Å². The number of hydrogen-bond donors (Lipinski definition) is 2. The first-order chi connectivity index (χ1) is 20.4. The smallest absolute Gasteiger partial charge is 0.127 e. The monoisotopic (exact) mass is 570 g/mol. The molecular weight excluding hydrogens is 520 g/mol. The lowest BCUT2D eigenvalue weighted by atomic mass is 10.00. The summed E-state index contributed by atoms with van der Waals surface area (Å²) < 4.78 is 13.1. The van der Waals surface area contributed by atoms with Crippen LogP contribution >= 0.6 is 0 Å². The second-order valence-electron chi connectivity index (χ2n) is 11.2. The summed E-state index contributed by atoms with van der Waals surface area (Å²) in [6.45, 7) is 10.3. The molecule has 0 aromatic heterocycles. The van der Waals surface area contributed by atoms with E-state index in [4.69, 9.17) is 9.47 Å². The Morgan fingerprint density at radius 2 is 0.952 bits per heavy atom. The van der Waals surface area contributed by atoms with Crippen molar-refractivity contribution in [1.82, 2.24) is 0 Å². The van der Waals surface area contributed by atoms with E-state index in [0.29, 0.717) is 25.0 Å². The van der Waals surface area contributed by atoms with Crippen LogP contribution in [-0.4, -0.2) is 23.4 Å². The Hall–Kier alpha value is -3.66. The number of aromatic hydroxyl groups is 2. The third-order valence-corrected chi connectivity index (χ3v) is 7.87. The molecule has 226 valence electrons. The van der Waals surface area contributed by atoms with Crippen LogP contribution in [-0.2, 0) is 0 Å². The summed E-state index contributed by atoms with van der Waals surface area (Å²) >= 11 is 0. The molecule has 0 saturated heterocycles. The molecule has 42 heavy (non-hydrogen) atoms. The zero-order valence-electron chi connectivity index (χ0n) is 26.0. The molecule has 3 rings (SSSR count). The first-order valence-electron chi connectivity index (χ1n) is 15.8. The molecule has 0 heterocycles. The van der Waals surface area contributed by atoms with E-state index in [9.17, 15) is 10.2 Å². The summed E-state index contributed by atoms with van der Waals surface area (Å²) in [6.07, 6.45) is 17.5. The Labute approximate surface area is 253 Å². The van der Waals surface area contributed by atoms with Crippen molar-refractivity contribution in [2.75, 3.05) is 13.2 Å². The van der Waals surface area contributed by atoms with Gasteiger partial charge in [0.25, 0.3) is 0 Å². The van der Waals surface area contributed by atoms with Gasteiger partial charge in [-0.15, -0.1) is 0 Å². The Morgan fingerprint density at radius 1 is 0.571 bits per heavy atom. The van der Waals surface area contributed by atoms with Crippen molar-refractivity contribution in [3.05, 3.63) is 82.9 Å². The van der Waals surface area contributed by atoms with Crippen molar-refractivity contribution in [3.63, 3.8) is 0 Å². The minimum absolute atomic E-state index is 0.253. The fourth-order valence-electron chi connectivity index (χ4n) is 4.86. The number of phenols is 2. The van der Waals surface area contributed by atoms with Gasteiger partial charge in [-0.25, -0.2) is 0 Å². The van der Waals surface area contributed by atoms with E-state index in [1.807, 2.05) is 36.4 Å². The number of hydrogen-bond acceptors (Lipinski definition) is 4. The highest BCUT2D eigenvalue weighted by atomic mass is 16.5. The third kappa shape index (κ3) is 11.0. The lowest BCUT2D eigenvalue weighted by molar-refractivity contribution is 0.227. The van der Waals surface area contributed by atoms with Gasteiger partial charge in [-0.1, -0.05) is 115 Å². The Bertz CT molecular complexity index is 1140. The molecule has 0 aliphatic heterocycles. The fourth-order valence-corrected chi connectivity index (χ4v) is 4.86. The van der Waals surface area contributed by atoms with Gasteiger partial charge in [-0.05, 0) is 72.2 Å². The number of ether oxygens (including phenoxy) is 2. The topological polar surface area (TPSA) is 58.9 Å². The summed E-state index contributed by atoms with van der Waals surface area (Å²) in [6, 6.07) is 18.6. The first-order valence-corrected chi connectivity index (χ1v) is 15.8. The molecule has 3 aromatic carbocycles. The minimum Gasteiger partial charge on any atom is -0.508 e. The van der Waals surface area contributed by atoms with Crippen molar-refractivity contribution in [1.29, 1.82) is 0 Å². The van der Waals surface area contributed by atoms with Crippen LogP contribution in [0.1, 0.15) is 101 Å². The molecule has 0 amide bonds. The van der Waals surface area contributed by atoms with E-state index in [2.05, 4.69) is 52.0 Å². The number of phenolic OH excluding ortho intramolecular Hbond substituents is 2. The third-order valence-electron chi connectivity index (χ3n) is 7.87. The summed E-state index contributed by atoms with van der Waals surface area (Å²) in [5, 5.41) is 19.4. The molecule has 0 bridgehead atoms. The molecule has 4 heteroatoms. The quantitative estimate of drug-likeness (QED) is 0.149. The van der Waals surface area contributed by atoms with Gasteiger partial charge < -0.3 is 19.7 Å². The summed E-state index contributed by atoms with van der Waals surface area (Å²) in [4.78, 5) is 0. The highest BCUT2D eigenvalue weighted by Gasteiger charge is 2.15. The molecule has 0 radical (unpaired) electrons. The molecule has 2 N–H and O–H groups in total. The molecule has 2 unspecified atom stereocenters. The summed E-state index contributed by atoms with van der Waals surface area (Å²) in [5.41, 5.74) is 3.92. The fraction of sp³-hybridized carbons (Fsp3) is 0.421. The van der Waals surface area contributed by atoms with Crippen LogP contribution in [0.5, 0.6) is 23.0 Å². The standard InChI is InChI=1S/C38H50O4/c1-5-9-11-29(7-3)27-41-37-25-34(20-14-32-17-23-36(40)24-18-32)38(42-28-30(8-4)12-10-6-2)26-33(37)19-13-31-15-21-35(39)22-16-31/h13-26,29-30,39-40H,5-12,27-28H2,1-4H3/b19-13+,20-14+. The molecule has 0 aliphatic carbocycles. The van der Waals surface area contributed by atoms with E-state index in [-0.39, 0.29) is 11.5 Å².